The van der Waals surface area contributed by atoms with Crippen LogP contribution in [0, 0.1) is 0 Å². The summed E-state index contributed by atoms with van der Waals surface area (Å²) < 4.78 is 0. The fourth-order valence-corrected chi connectivity index (χ4v) is 2.65. The van der Waals surface area contributed by atoms with Crippen LogP contribution in [0.15, 0.2) is 48.7 Å². The zero-order valence-corrected chi connectivity index (χ0v) is 11.1. The molecule has 0 spiro atoms. The van der Waals surface area contributed by atoms with Crippen LogP contribution in [0.2, 0.25) is 0 Å². The van der Waals surface area contributed by atoms with E-state index in [1.807, 2.05) is 24.4 Å². The first kappa shape index (κ1) is 12.4. The van der Waals surface area contributed by atoms with Crippen LogP contribution in [0.25, 0.3) is 0 Å². The van der Waals surface area contributed by atoms with Crippen LogP contribution >= 0.6 is 0 Å². The minimum Gasteiger partial charge on any atom is -0.324 e. The number of rotatable bonds is 4. The summed E-state index contributed by atoms with van der Waals surface area (Å²) >= 11 is 0. The van der Waals surface area contributed by atoms with E-state index in [0.717, 1.165) is 18.0 Å². The topological polar surface area (TPSA) is 38.9 Å². The lowest BCUT2D eigenvalue weighted by atomic mass is 9.79. The molecule has 1 aliphatic rings. The maximum absolute atomic E-state index is 6.32. The average molecular weight is 252 g/mol. The zero-order valence-electron chi connectivity index (χ0n) is 11.1. The van der Waals surface area contributed by atoms with Crippen molar-refractivity contribution in [1.82, 2.24) is 4.98 Å². The van der Waals surface area contributed by atoms with Gasteiger partial charge in [-0.05, 0) is 42.0 Å². The normalized spacial score (nSPS) is 16.9. The molecule has 1 aromatic heterocycles. The van der Waals surface area contributed by atoms with Gasteiger partial charge in [-0.1, -0.05) is 36.8 Å². The van der Waals surface area contributed by atoms with Crippen molar-refractivity contribution in [3.05, 3.63) is 65.5 Å². The monoisotopic (exact) mass is 252 g/mol. The van der Waals surface area contributed by atoms with E-state index in [4.69, 9.17) is 5.73 Å². The van der Waals surface area contributed by atoms with Gasteiger partial charge in [-0.3, -0.25) is 4.98 Å². The first-order chi connectivity index (χ1) is 9.33. The lowest BCUT2D eigenvalue weighted by molar-refractivity contribution is 0.419. The lowest BCUT2D eigenvalue weighted by Gasteiger charge is -2.26. The summed E-state index contributed by atoms with van der Waals surface area (Å²) in [4.78, 5) is 4.35. The van der Waals surface area contributed by atoms with Crippen molar-refractivity contribution in [3.8, 4) is 0 Å². The Bertz CT molecular complexity index is 532. The molecule has 1 unspecified atom stereocenters. The Morgan fingerprint density at radius 1 is 1.16 bits per heavy atom. The van der Waals surface area contributed by atoms with Crippen molar-refractivity contribution in [1.29, 1.82) is 0 Å². The summed E-state index contributed by atoms with van der Waals surface area (Å²) in [7, 11) is 0. The number of nitrogens with zero attached hydrogens (tertiary/aromatic N) is 1. The Morgan fingerprint density at radius 3 is 2.74 bits per heavy atom. The molecular formula is C17H20N2. The molecule has 0 bridgehead atoms. The lowest BCUT2D eigenvalue weighted by Crippen LogP contribution is -2.15. The molecule has 1 fully saturated rings. The van der Waals surface area contributed by atoms with Gasteiger partial charge in [0, 0.05) is 24.4 Å². The molecule has 3 rings (SSSR count). The molecule has 2 N–H and O–H groups in total. The highest BCUT2D eigenvalue weighted by molar-refractivity contribution is 5.30. The Kier molecular flexibility index (Phi) is 3.60. The van der Waals surface area contributed by atoms with Gasteiger partial charge in [-0.15, -0.1) is 0 Å². The van der Waals surface area contributed by atoms with Crippen LogP contribution < -0.4 is 5.73 Å². The van der Waals surface area contributed by atoms with Gasteiger partial charge in [0.1, 0.15) is 0 Å². The van der Waals surface area contributed by atoms with Gasteiger partial charge in [0.05, 0.1) is 0 Å². The van der Waals surface area contributed by atoms with Crippen molar-refractivity contribution >= 4 is 0 Å². The van der Waals surface area contributed by atoms with Crippen molar-refractivity contribution in [3.63, 3.8) is 0 Å². The van der Waals surface area contributed by atoms with Gasteiger partial charge < -0.3 is 5.73 Å². The van der Waals surface area contributed by atoms with Gasteiger partial charge in [-0.25, -0.2) is 0 Å². The Balaban J connectivity index is 1.74. The van der Waals surface area contributed by atoms with Gasteiger partial charge in [0.15, 0.2) is 0 Å². The molecule has 2 nitrogen and oxygen atoms in total. The predicted molar refractivity (Wildman–Crippen MR) is 77.9 cm³/mol. The molecule has 0 radical (unpaired) electrons. The van der Waals surface area contributed by atoms with Crippen molar-refractivity contribution in [2.75, 3.05) is 0 Å². The molecule has 98 valence electrons. The smallest absolute Gasteiger partial charge is 0.0422 e. The van der Waals surface area contributed by atoms with E-state index >= 15 is 0 Å². The Hall–Kier alpha value is -1.67. The first-order valence-corrected chi connectivity index (χ1v) is 7.08. The van der Waals surface area contributed by atoms with Gasteiger partial charge in [-0.2, -0.15) is 0 Å². The molecule has 2 aromatic rings. The van der Waals surface area contributed by atoms with Crippen LogP contribution in [0.1, 0.15) is 48.0 Å². The number of pyridine rings is 1. The summed E-state index contributed by atoms with van der Waals surface area (Å²) in [5.74, 6) is 0.766. The van der Waals surface area contributed by atoms with Gasteiger partial charge in [0.25, 0.3) is 0 Å². The van der Waals surface area contributed by atoms with Crippen molar-refractivity contribution in [2.45, 2.75) is 37.6 Å². The van der Waals surface area contributed by atoms with Crippen LogP contribution in [0.5, 0.6) is 0 Å². The SMILES string of the molecule is NC(Cc1ccccn1)c1cccc(C2CCC2)c1. The quantitative estimate of drug-likeness (QED) is 0.903. The fraction of sp³-hybridized carbons (Fsp3) is 0.353. The highest BCUT2D eigenvalue weighted by Crippen LogP contribution is 2.36. The van der Waals surface area contributed by atoms with E-state index in [2.05, 4.69) is 29.2 Å². The van der Waals surface area contributed by atoms with Gasteiger partial charge in [0.2, 0.25) is 0 Å². The molecule has 19 heavy (non-hydrogen) atoms. The molecule has 2 heteroatoms. The zero-order chi connectivity index (χ0) is 13.1. The standard InChI is InChI=1S/C17H20N2/c18-17(12-16-9-1-2-10-19-16)15-8-4-7-14(11-15)13-5-3-6-13/h1-2,4,7-11,13,17H,3,5-6,12,18H2. The van der Waals surface area contributed by atoms with Crippen molar-refractivity contribution < 1.29 is 0 Å². The maximum Gasteiger partial charge on any atom is 0.0422 e. The predicted octanol–water partition coefficient (Wildman–Crippen LogP) is 3.59. The number of hydrogen-bond acceptors (Lipinski definition) is 2. The summed E-state index contributed by atoms with van der Waals surface area (Å²) in [5, 5.41) is 0. The molecule has 1 saturated carbocycles. The fourth-order valence-electron chi connectivity index (χ4n) is 2.65. The van der Waals surface area contributed by atoms with E-state index in [-0.39, 0.29) is 6.04 Å². The third-order valence-electron chi connectivity index (χ3n) is 4.07. The molecule has 0 amide bonds. The number of nitrogens with two attached hydrogens (primary N) is 1. The van der Waals surface area contributed by atoms with E-state index in [9.17, 15) is 0 Å². The summed E-state index contributed by atoms with van der Waals surface area (Å²) in [6.07, 6.45) is 6.66. The second kappa shape index (κ2) is 5.54. The minimum atomic E-state index is 0.0370. The summed E-state index contributed by atoms with van der Waals surface area (Å²) in [6.45, 7) is 0. The molecule has 0 saturated heterocycles. The van der Waals surface area contributed by atoms with E-state index in [1.165, 1.54) is 30.4 Å². The Morgan fingerprint density at radius 2 is 2.05 bits per heavy atom. The second-order valence-corrected chi connectivity index (χ2v) is 5.43. The third kappa shape index (κ3) is 2.85. The van der Waals surface area contributed by atoms with E-state index < -0.39 is 0 Å². The second-order valence-electron chi connectivity index (χ2n) is 5.43. The molecule has 1 aliphatic carbocycles. The van der Waals surface area contributed by atoms with Gasteiger partial charge >= 0.3 is 0 Å². The summed E-state index contributed by atoms with van der Waals surface area (Å²) in [5.41, 5.74) is 10.1. The number of aromatic nitrogens is 1. The van der Waals surface area contributed by atoms with Crippen molar-refractivity contribution in [2.24, 2.45) is 5.73 Å². The summed E-state index contributed by atoms with van der Waals surface area (Å²) in [6, 6.07) is 14.8. The average Bonchev–Trinajstić information content (AvgIpc) is 2.38. The van der Waals surface area contributed by atoms with E-state index in [0.29, 0.717) is 0 Å². The molecule has 1 aromatic carbocycles. The molecule has 1 atom stereocenters. The van der Waals surface area contributed by atoms with Crippen LogP contribution in [-0.4, -0.2) is 4.98 Å². The third-order valence-corrected chi connectivity index (χ3v) is 4.07. The minimum absolute atomic E-state index is 0.0370. The number of benzene rings is 1. The molecular weight excluding hydrogens is 232 g/mol. The highest BCUT2D eigenvalue weighted by atomic mass is 14.7. The maximum atomic E-state index is 6.32. The number of hydrogen-bond donors (Lipinski definition) is 1. The Labute approximate surface area is 114 Å². The van der Waals surface area contributed by atoms with Crippen LogP contribution in [0.4, 0.5) is 0 Å². The van der Waals surface area contributed by atoms with E-state index in [1.54, 1.807) is 0 Å². The highest BCUT2D eigenvalue weighted by Gasteiger charge is 2.20. The molecule has 0 aliphatic heterocycles. The van der Waals surface area contributed by atoms with Crippen LogP contribution in [-0.2, 0) is 6.42 Å². The first-order valence-electron chi connectivity index (χ1n) is 7.08. The van der Waals surface area contributed by atoms with Crippen LogP contribution in [0.3, 0.4) is 0 Å². The largest absolute Gasteiger partial charge is 0.324 e. The molecule has 1 heterocycles.